The van der Waals surface area contributed by atoms with Crippen LogP contribution in [-0.4, -0.2) is 49.6 Å². The van der Waals surface area contributed by atoms with Crippen molar-refractivity contribution >= 4 is 24.0 Å². The Hall–Kier alpha value is -1.30. The Morgan fingerprint density at radius 2 is 1.95 bits per heavy atom. The van der Waals surface area contributed by atoms with Crippen molar-refractivity contribution in [2.24, 2.45) is 0 Å². The molecule has 0 saturated carbocycles. The van der Waals surface area contributed by atoms with Gasteiger partial charge in [-0.2, -0.15) is 0 Å². The van der Waals surface area contributed by atoms with Gasteiger partial charge in [-0.25, -0.2) is 0 Å². The number of methoxy groups -OCH3 is 1. The lowest BCUT2D eigenvalue weighted by atomic mass is 10.1. The fourth-order valence-electron chi connectivity index (χ4n) is 2.71. The quantitative estimate of drug-likeness (QED) is 0.889. The van der Waals surface area contributed by atoms with Crippen molar-refractivity contribution in [3.05, 3.63) is 24.3 Å². The fourth-order valence-corrected chi connectivity index (χ4v) is 2.71. The second-order valence-electron chi connectivity index (χ2n) is 5.41. The minimum atomic E-state index is -0.00389. The van der Waals surface area contributed by atoms with Crippen LogP contribution in [0.15, 0.2) is 24.3 Å². The van der Waals surface area contributed by atoms with Crippen molar-refractivity contribution < 1.29 is 9.53 Å². The van der Waals surface area contributed by atoms with E-state index in [9.17, 15) is 4.79 Å². The van der Waals surface area contributed by atoms with Gasteiger partial charge in [0.05, 0.1) is 19.3 Å². The second-order valence-corrected chi connectivity index (χ2v) is 5.41. The summed E-state index contributed by atoms with van der Waals surface area (Å²) in [5.41, 5.74) is 0.719. The third-order valence-corrected chi connectivity index (χ3v) is 3.38. The number of carbonyl (C=O) groups is 1. The van der Waals surface area contributed by atoms with Gasteiger partial charge >= 0.3 is 0 Å². The first-order valence-electron chi connectivity index (χ1n) is 6.99. The van der Waals surface area contributed by atoms with Gasteiger partial charge in [0.15, 0.2) is 0 Å². The Labute approximate surface area is 132 Å². The summed E-state index contributed by atoms with van der Waals surface area (Å²) in [7, 11) is 1.60. The minimum absolute atomic E-state index is 0. The highest BCUT2D eigenvalue weighted by molar-refractivity contribution is 5.93. The van der Waals surface area contributed by atoms with E-state index >= 15 is 0 Å². The van der Waals surface area contributed by atoms with E-state index in [0.717, 1.165) is 18.8 Å². The fraction of sp³-hybridized carbons (Fsp3) is 0.533. The molecule has 1 aliphatic heterocycles. The van der Waals surface area contributed by atoms with Gasteiger partial charge in [0, 0.05) is 25.2 Å². The Morgan fingerprint density at radius 3 is 2.57 bits per heavy atom. The SMILES string of the molecule is COc1ccccc1NC(=O)CN1CC(C)NC(C)C1.Cl. The molecule has 1 aromatic rings. The number of carbonyl (C=O) groups excluding carboxylic acids is 1. The number of piperazine rings is 1. The van der Waals surface area contributed by atoms with E-state index < -0.39 is 0 Å². The van der Waals surface area contributed by atoms with Crippen LogP contribution < -0.4 is 15.4 Å². The van der Waals surface area contributed by atoms with Gasteiger partial charge in [0.1, 0.15) is 5.75 Å². The molecule has 21 heavy (non-hydrogen) atoms. The van der Waals surface area contributed by atoms with Gasteiger partial charge < -0.3 is 15.4 Å². The first-order chi connectivity index (χ1) is 9.58. The molecule has 0 bridgehead atoms. The van der Waals surface area contributed by atoms with Crippen LogP contribution in [0.3, 0.4) is 0 Å². The lowest BCUT2D eigenvalue weighted by Gasteiger charge is -2.35. The highest BCUT2D eigenvalue weighted by Crippen LogP contribution is 2.22. The van der Waals surface area contributed by atoms with Crippen LogP contribution in [-0.2, 0) is 4.79 Å². The first kappa shape index (κ1) is 17.8. The third-order valence-electron chi connectivity index (χ3n) is 3.38. The molecule has 2 unspecified atom stereocenters. The second kappa shape index (κ2) is 8.22. The molecule has 1 aliphatic rings. The Morgan fingerprint density at radius 1 is 1.33 bits per heavy atom. The maximum atomic E-state index is 12.1. The molecule has 1 amide bonds. The molecule has 6 heteroatoms. The van der Waals surface area contributed by atoms with Gasteiger partial charge in [0.2, 0.25) is 5.91 Å². The molecule has 0 aliphatic carbocycles. The van der Waals surface area contributed by atoms with E-state index in [1.54, 1.807) is 7.11 Å². The Balaban J connectivity index is 0.00000220. The number of anilines is 1. The van der Waals surface area contributed by atoms with Gasteiger partial charge in [0.25, 0.3) is 0 Å². The standard InChI is InChI=1S/C15H23N3O2.ClH/c1-11-8-18(9-12(2)16-11)10-15(19)17-13-6-4-5-7-14(13)20-3;/h4-7,11-12,16H,8-10H2,1-3H3,(H,17,19);1H. The lowest BCUT2D eigenvalue weighted by molar-refractivity contribution is -0.117. The number of ether oxygens (including phenoxy) is 1. The molecule has 0 radical (unpaired) electrons. The van der Waals surface area contributed by atoms with Gasteiger partial charge in [-0.3, -0.25) is 9.69 Å². The van der Waals surface area contributed by atoms with Crippen LogP contribution in [0.2, 0.25) is 0 Å². The lowest BCUT2D eigenvalue weighted by Crippen LogP contribution is -2.55. The summed E-state index contributed by atoms with van der Waals surface area (Å²) in [4.78, 5) is 14.3. The molecular formula is C15H24ClN3O2. The summed E-state index contributed by atoms with van der Waals surface area (Å²) < 4.78 is 5.23. The summed E-state index contributed by atoms with van der Waals surface area (Å²) >= 11 is 0. The highest BCUT2D eigenvalue weighted by atomic mass is 35.5. The van der Waals surface area contributed by atoms with Gasteiger partial charge in [-0.15, -0.1) is 12.4 Å². The Kier molecular flexibility index (Phi) is 6.95. The molecule has 2 N–H and O–H groups in total. The largest absolute Gasteiger partial charge is 0.495 e. The van der Waals surface area contributed by atoms with Crippen molar-refractivity contribution in [3.63, 3.8) is 0 Å². The minimum Gasteiger partial charge on any atom is -0.495 e. The van der Waals surface area contributed by atoms with Crippen molar-refractivity contribution in [2.45, 2.75) is 25.9 Å². The van der Waals surface area contributed by atoms with E-state index in [1.165, 1.54) is 0 Å². The van der Waals surface area contributed by atoms with Crippen LogP contribution in [0.5, 0.6) is 5.75 Å². The van der Waals surface area contributed by atoms with Crippen LogP contribution in [0.25, 0.3) is 0 Å². The van der Waals surface area contributed by atoms with Crippen LogP contribution in [0, 0.1) is 0 Å². The normalized spacial score (nSPS) is 22.2. The molecule has 1 fully saturated rings. The van der Waals surface area contributed by atoms with Crippen molar-refractivity contribution in [2.75, 3.05) is 32.1 Å². The predicted molar refractivity (Wildman–Crippen MR) is 87.4 cm³/mol. The summed E-state index contributed by atoms with van der Waals surface area (Å²) in [5, 5.41) is 6.37. The molecule has 2 rings (SSSR count). The smallest absolute Gasteiger partial charge is 0.238 e. The number of benzene rings is 1. The summed E-state index contributed by atoms with van der Waals surface area (Å²) in [6.45, 7) is 6.48. The van der Waals surface area contributed by atoms with Crippen molar-refractivity contribution in [1.82, 2.24) is 10.2 Å². The zero-order valence-corrected chi connectivity index (χ0v) is 13.6. The van der Waals surface area contributed by atoms with E-state index in [1.807, 2.05) is 24.3 Å². The average molecular weight is 314 g/mol. The number of hydrogen-bond donors (Lipinski definition) is 2. The average Bonchev–Trinajstić information content (AvgIpc) is 2.37. The number of rotatable bonds is 4. The first-order valence-corrected chi connectivity index (χ1v) is 6.99. The zero-order valence-electron chi connectivity index (χ0n) is 12.8. The molecule has 2 atom stereocenters. The molecule has 1 heterocycles. The molecule has 1 aromatic carbocycles. The maximum absolute atomic E-state index is 12.1. The molecule has 118 valence electrons. The predicted octanol–water partition coefficient (Wildman–Crippen LogP) is 1.74. The molecular weight excluding hydrogens is 290 g/mol. The Bertz CT molecular complexity index is 460. The zero-order chi connectivity index (χ0) is 14.5. The van der Waals surface area contributed by atoms with E-state index in [4.69, 9.17) is 4.74 Å². The van der Waals surface area contributed by atoms with E-state index in [2.05, 4.69) is 29.4 Å². The monoisotopic (exact) mass is 313 g/mol. The molecule has 1 saturated heterocycles. The topological polar surface area (TPSA) is 53.6 Å². The van der Waals surface area contributed by atoms with Crippen LogP contribution in [0.1, 0.15) is 13.8 Å². The molecule has 0 aromatic heterocycles. The summed E-state index contributed by atoms with van der Waals surface area (Å²) in [6.07, 6.45) is 0. The molecule has 0 spiro atoms. The van der Waals surface area contributed by atoms with Crippen molar-refractivity contribution in [3.8, 4) is 5.75 Å². The summed E-state index contributed by atoms with van der Waals surface area (Å²) in [5.74, 6) is 0.679. The van der Waals surface area contributed by atoms with Gasteiger partial charge in [-0.05, 0) is 26.0 Å². The number of hydrogen-bond acceptors (Lipinski definition) is 4. The number of nitrogens with one attached hydrogen (secondary N) is 2. The van der Waals surface area contributed by atoms with Crippen LogP contribution >= 0.6 is 12.4 Å². The van der Waals surface area contributed by atoms with Crippen LogP contribution in [0.4, 0.5) is 5.69 Å². The molecule has 5 nitrogen and oxygen atoms in total. The number of nitrogens with zero attached hydrogens (tertiary/aromatic N) is 1. The van der Waals surface area contributed by atoms with Crippen molar-refractivity contribution in [1.29, 1.82) is 0 Å². The number of para-hydroxylation sites is 2. The maximum Gasteiger partial charge on any atom is 0.238 e. The van der Waals surface area contributed by atoms with E-state index in [-0.39, 0.29) is 18.3 Å². The number of halogens is 1. The highest BCUT2D eigenvalue weighted by Gasteiger charge is 2.22. The number of amides is 1. The summed E-state index contributed by atoms with van der Waals surface area (Å²) in [6, 6.07) is 8.28. The third kappa shape index (κ3) is 5.19. The van der Waals surface area contributed by atoms with E-state index in [0.29, 0.717) is 24.4 Å². The van der Waals surface area contributed by atoms with Gasteiger partial charge in [-0.1, -0.05) is 12.1 Å².